The third kappa shape index (κ3) is 4.46. The minimum absolute atomic E-state index is 0.0794. The lowest BCUT2D eigenvalue weighted by Crippen LogP contribution is -2.10. The summed E-state index contributed by atoms with van der Waals surface area (Å²) in [4.78, 5) is 11.9. The molecule has 2 nitrogen and oxygen atoms in total. The predicted octanol–water partition coefficient (Wildman–Crippen LogP) is 7.20. The van der Waals surface area contributed by atoms with Crippen molar-refractivity contribution >= 4 is 39.3 Å². The Labute approximate surface area is 175 Å². The molecule has 0 atom stereocenters. The molecule has 0 aromatic heterocycles. The predicted molar refractivity (Wildman–Crippen MR) is 125 cm³/mol. The molecule has 0 radical (unpaired) electrons. The van der Waals surface area contributed by atoms with Crippen LogP contribution in [0.1, 0.15) is 31.7 Å². The van der Waals surface area contributed by atoms with Gasteiger partial charge in [0.05, 0.1) is 5.39 Å². The molecule has 146 valence electrons. The molecule has 4 aromatic rings. The van der Waals surface area contributed by atoms with Crippen LogP contribution in [-0.4, -0.2) is 16.5 Å². The molecule has 0 heterocycles. The fourth-order valence-electron chi connectivity index (χ4n) is 3.48. The Hall–Kier alpha value is -2.78. The Balaban J connectivity index is 1.59. The lowest BCUT2D eigenvalue weighted by molar-refractivity contribution is 0.473. The molecule has 0 saturated carbocycles. The van der Waals surface area contributed by atoms with E-state index in [1.54, 1.807) is 0 Å². The van der Waals surface area contributed by atoms with E-state index >= 15 is 0 Å². The third-order valence-corrected chi connectivity index (χ3v) is 6.21. The van der Waals surface area contributed by atoms with Gasteiger partial charge >= 0.3 is 5.97 Å². The highest BCUT2D eigenvalue weighted by Gasteiger charge is 2.21. The number of esters is 1. The second-order valence-electron chi connectivity index (χ2n) is 7.13. The van der Waals surface area contributed by atoms with Crippen LogP contribution in [0, 0.1) is 0 Å². The number of ether oxygens (including phenoxy) is 1. The SMILES string of the molecule is CCCCCSc1ccc(OC(=[OH+])c2ccc3ccccc3c2)c2ccccc12. The minimum Gasteiger partial charge on any atom is -0.335 e. The van der Waals surface area contributed by atoms with Gasteiger partial charge in [-0.15, -0.1) is 11.8 Å². The second kappa shape index (κ2) is 9.15. The van der Waals surface area contributed by atoms with Crippen LogP contribution in [0.25, 0.3) is 21.5 Å². The molecule has 29 heavy (non-hydrogen) atoms. The molecule has 4 rings (SSSR count). The molecule has 4 aromatic carbocycles. The summed E-state index contributed by atoms with van der Waals surface area (Å²) < 4.78 is 5.92. The van der Waals surface area contributed by atoms with E-state index in [0.29, 0.717) is 11.3 Å². The van der Waals surface area contributed by atoms with E-state index in [1.807, 2.05) is 60.3 Å². The molecule has 0 amide bonds. The summed E-state index contributed by atoms with van der Waals surface area (Å²) in [6, 6.07) is 26.2. The van der Waals surface area contributed by atoms with Crippen LogP contribution in [0.5, 0.6) is 5.75 Å². The van der Waals surface area contributed by atoms with Crippen molar-refractivity contribution in [2.75, 3.05) is 5.75 Å². The van der Waals surface area contributed by atoms with Crippen molar-refractivity contribution in [1.82, 2.24) is 0 Å². The number of fused-ring (bicyclic) bond motifs is 2. The van der Waals surface area contributed by atoms with E-state index in [9.17, 15) is 4.79 Å². The van der Waals surface area contributed by atoms with Crippen LogP contribution in [0.15, 0.2) is 83.8 Å². The minimum atomic E-state index is -0.0794. The smallest absolute Gasteiger partial charge is 0.335 e. The maximum absolute atomic E-state index is 10.7. The van der Waals surface area contributed by atoms with Crippen molar-refractivity contribution in [2.24, 2.45) is 0 Å². The van der Waals surface area contributed by atoms with E-state index < -0.39 is 0 Å². The van der Waals surface area contributed by atoms with Gasteiger partial charge in [0.15, 0.2) is 0 Å². The summed E-state index contributed by atoms with van der Waals surface area (Å²) in [5.41, 5.74) is 0.672. The molecule has 0 spiro atoms. The first-order valence-electron chi connectivity index (χ1n) is 10.1. The second-order valence-corrected chi connectivity index (χ2v) is 8.27. The highest BCUT2D eigenvalue weighted by molar-refractivity contribution is 7.99. The Morgan fingerprint density at radius 2 is 1.59 bits per heavy atom. The lowest BCUT2D eigenvalue weighted by Gasteiger charge is -2.08. The van der Waals surface area contributed by atoms with Gasteiger partial charge in [0.2, 0.25) is 0 Å². The van der Waals surface area contributed by atoms with E-state index in [0.717, 1.165) is 27.3 Å². The van der Waals surface area contributed by atoms with Gasteiger partial charge in [-0.1, -0.05) is 68.3 Å². The number of thioether (sulfide) groups is 1. The quantitative estimate of drug-likeness (QED) is 0.108. The molecule has 1 N–H and O–H groups in total. The average Bonchev–Trinajstić information content (AvgIpc) is 2.77. The summed E-state index contributed by atoms with van der Waals surface area (Å²) in [5.74, 6) is 1.71. The average molecular weight is 402 g/mol. The zero-order valence-corrected chi connectivity index (χ0v) is 17.4. The fourth-order valence-corrected chi connectivity index (χ4v) is 4.54. The maximum Gasteiger partial charge on any atom is 0.523 e. The molecule has 0 aliphatic rings. The van der Waals surface area contributed by atoms with Gasteiger partial charge in [0, 0.05) is 16.3 Å². The molecule has 0 unspecified atom stereocenters. The highest BCUT2D eigenvalue weighted by Crippen LogP contribution is 2.34. The van der Waals surface area contributed by atoms with Crippen LogP contribution in [0.2, 0.25) is 0 Å². The van der Waals surface area contributed by atoms with Gasteiger partial charge in [0.1, 0.15) is 5.56 Å². The van der Waals surface area contributed by atoms with Crippen molar-refractivity contribution in [3.8, 4) is 5.75 Å². The van der Waals surface area contributed by atoms with Gasteiger partial charge in [-0.25, -0.2) is 0 Å². The van der Waals surface area contributed by atoms with Crippen LogP contribution in [0.4, 0.5) is 0 Å². The lowest BCUT2D eigenvalue weighted by atomic mass is 10.1. The van der Waals surface area contributed by atoms with Gasteiger partial charge in [-0.05, 0) is 47.2 Å². The topological polar surface area (TPSA) is 30.6 Å². The van der Waals surface area contributed by atoms with Gasteiger partial charge in [-0.3, -0.25) is 4.74 Å². The summed E-state index contributed by atoms with van der Waals surface area (Å²) in [7, 11) is 0. The Morgan fingerprint density at radius 1 is 0.828 bits per heavy atom. The van der Waals surface area contributed by atoms with Crippen LogP contribution < -0.4 is 4.74 Å². The molecule has 0 fully saturated rings. The Morgan fingerprint density at radius 3 is 2.41 bits per heavy atom. The van der Waals surface area contributed by atoms with E-state index in [4.69, 9.17) is 4.74 Å². The number of carbonyl (C=O) groups excluding carboxylic acids is 1. The molecule has 0 bridgehead atoms. The Bertz CT molecular complexity index is 1150. The van der Waals surface area contributed by atoms with Crippen LogP contribution in [0.3, 0.4) is 0 Å². The molecule has 0 aliphatic heterocycles. The number of unbranched alkanes of at least 4 members (excludes halogenated alkanes) is 2. The molecule has 3 heteroatoms. The van der Waals surface area contributed by atoms with Crippen LogP contribution in [-0.2, 0) is 0 Å². The first-order valence-corrected chi connectivity index (χ1v) is 11.1. The highest BCUT2D eigenvalue weighted by atomic mass is 32.2. The number of hydrogen-bond donors (Lipinski definition) is 0. The van der Waals surface area contributed by atoms with Crippen molar-refractivity contribution in [3.63, 3.8) is 0 Å². The van der Waals surface area contributed by atoms with Gasteiger partial charge < -0.3 is 4.79 Å². The zero-order valence-electron chi connectivity index (χ0n) is 16.6. The third-order valence-electron chi connectivity index (χ3n) is 5.05. The number of benzene rings is 4. The summed E-state index contributed by atoms with van der Waals surface area (Å²) in [6.07, 6.45) is 3.73. The number of hydrogen-bond acceptors (Lipinski definition) is 2. The summed E-state index contributed by atoms with van der Waals surface area (Å²) in [5, 5.41) is 4.39. The first kappa shape index (κ1) is 19.5. The number of rotatable bonds is 7. The largest absolute Gasteiger partial charge is 0.523 e. The van der Waals surface area contributed by atoms with Gasteiger partial charge in [0.25, 0.3) is 5.75 Å². The van der Waals surface area contributed by atoms with Crippen molar-refractivity contribution in [1.29, 1.82) is 0 Å². The molecule has 0 saturated heterocycles. The molecular formula is C26H25O2S+. The first-order chi connectivity index (χ1) is 14.3. The Kier molecular flexibility index (Phi) is 6.16. The van der Waals surface area contributed by atoms with E-state index in [1.165, 1.54) is 24.2 Å². The van der Waals surface area contributed by atoms with Crippen molar-refractivity contribution in [3.05, 3.63) is 84.4 Å². The normalized spacial score (nSPS) is 11.1. The standard InChI is InChI=1S/C26H24O2S/c1-2-3-8-17-29-25-16-15-24(22-11-6-7-12-23(22)25)28-26(27)21-14-13-19-9-4-5-10-20(19)18-21/h4-7,9-16,18H,2-3,8,17H2,1H3/p+1. The summed E-state index contributed by atoms with van der Waals surface area (Å²) >= 11 is 1.89. The fraction of sp³-hybridized carbons (Fsp3) is 0.192. The maximum atomic E-state index is 10.7. The monoisotopic (exact) mass is 401 g/mol. The van der Waals surface area contributed by atoms with Crippen LogP contribution >= 0.6 is 11.8 Å². The summed E-state index contributed by atoms with van der Waals surface area (Å²) in [6.45, 7) is 2.23. The van der Waals surface area contributed by atoms with E-state index in [2.05, 4.69) is 37.3 Å². The zero-order chi connectivity index (χ0) is 20.1. The molecular weight excluding hydrogens is 376 g/mol. The van der Waals surface area contributed by atoms with E-state index in [-0.39, 0.29) is 5.97 Å². The van der Waals surface area contributed by atoms with Crippen molar-refractivity contribution < 1.29 is 9.53 Å². The van der Waals surface area contributed by atoms with Crippen molar-refractivity contribution in [2.45, 2.75) is 31.1 Å². The van der Waals surface area contributed by atoms with Gasteiger partial charge in [-0.2, -0.15) is 0 Å². The molecule has 0 aliphatic carbocycles.